The van der Waals surface area contributed by atoms with Crippen molar-refractivity contribution in [3.63, 3.8) is 0 Å². The Morgan fingerprint density at radius 2 is 1.72 bits per heavy atom. The number of carbonyl (C=O) groups is 1. The number of nitriles is 1. The van der Waals surface area contributed by atoms with Crippen molar-refractivity contribution in [2.45, 2.75) is 0 Å². The number of methoxy groups -OCH3 is 2. The fourth-order valence-corrected chi connectivity index (χ4v) is 3.34. The van der Waals surface area contributed by atoms with Gasteiger partial charge in [0.1, 0.15) is 5.75 Å². The minimum atomic E-state index is -0.283. The van der Waals surface area contributed by atoms with Gasteiger partial charge in [0.15, 0.2) is 18.1 Å². The van der Waals surface area contributed by atoms with Crippen molar-refractivity contribution in [3.05, 3.63) is 82.3 Å². The Bertz CT molecular complexity index is 1170. The molecular weight excluding hydrogens is 472 g/mol. The lowest BCUT2D eigenvalue weighted by atomic mass is 10.0. The zero-order valence-corrected chi connectivity index (χ0v) is 19.2. The molecule has 0 heterocycles. The molecule has 6 nitrogen and oxygen atoms in total. The molecule has 0 saturated heterocycles. The van der Waals surface area contributed by atoms with Gasteiger partial charge in [0.25, 0.3) is 5.91 Å². The van der Waals surface area contributed by atoms with E-state index in [0.717, 1.165) is 4.47 Å². The number of ether oxygens (including phenoxy) is 3. The maximum absolute atomic E-state index is 12.3. The van der Waals surface area contributed by atoms with Crippen molar-refractivity contribution < 1.29 is 19.0 Å². The van der Waals surface area contributed by atoms with Crippen LogP contribution in [0.2, 0.25) is 0 Å². The SMILES string of the molecule is COc1ccc(/C(C#N)=C/c2cc(Br)ccc2OCC(=O)Nc2ccccc2)cc1OC. The van der Waals surface area contributed by atoms with Gasteiger partial charge in [-0.2, -0.15) is 5.26 Å². The van der Waals surface area contributed by atoms with E-state index in [1.165, 1.54) is 7.11 Å². The molecule has 0 radical (unpaired) electrons. The van der Waals surface area contributed by atoms with Gasteiger partial charge in [0.2, 0.25) is 0 Å². The Morgan fingerprint density at radius 1 is 1.00 bits per heavy atom. The Kier molecular flexibility index (Phi) is 7.90. The maximum atomic E-state index is 12.3. The summed E-state index contributed by atoms with van der Waals surface area (Å²) in [5.74, 6) is 1.29. The largest absolute Gasteiger partial charge is 0.493 e. The van der Waals surface area contributed by atoms with Gasteiger partial charge in [-0.3, -0.25) is 4.79 Å². The summed E-state index contributed by atoms with van der Waals surface area (Å²) in [6.07, 6.45) is 1.70. The molecule has 0 fully saturated rings. The summed E-state index contributed by atoms with van der Waals surface area (Å²) in [6.45, 7) is -0.171. The summed E-state index contributed by atoms with van der Waals surface area (Å²) in [5.41, 5.74) is 2.41. The van der Waals surface area contributed by atoms with Crippen LogP contribution in [0.5, 0.6) is 17.2 Å². The lowest BCUT2D eigenvalue weighted by Gasteiger charge is -2.12. The minimum Gasteiger partial charge on any atom is -0.493 e. The number of allylic oxidation sites excluding steroid dienone is 1. The zero-order chi connectivity index (χ0) is 22.9. The predicted octanol–water partition coefficient (Wildman–Crippen LogP) is 5.55. The van der Waals surface area contributed by atoms with Gasteiger partial charge < -0.3 is 19.5 Å². The van der Waals surface area contributed by atoms with Crippen LogP contribution in [-0.2, 0) is 4.79 Å². The normalized spacial score (nSPS) is 10.8. The van der Waals surface area contributed by atoms with E-state index in [0.29, 0.717) is 39.6 Å². The van der Waals surface area contributed by atoms with E-state index in [1.807, 2.05) is 30.3 Å². The average molecular weight is 493 g/mol. The molecule has 0 spiro atoms. The summed E-state index contributed by atoms with van der Waals surface area (Å²) in [6, 6.07) is 22.0. The van der Waals surface area contributed by atoms with Crippen molar-refractivity contribution in [1.29, 1.82) is 5.26 Å². The highest BCUT2D eigenvalue weighted by atomic mass is 79.9. The molecule has 3 aromatic carbocycles. The van der Waals surface area contributed by atoms with E-state index in [-0.39, 0.29) is 12.5 Å². The van der Waals surface area contributed by atoms with Gasteiger partial charge in [-0.25, -0.2) is 0 Å². The van der Waals surface area contributed by atoms with Crippen LogP contribution in [0.1, 0.15) is 11.1 Å². The van der Waals surface area contributed by atoms with Crippen LogP contribution in [0, 0.1) is 11.3 Å². The highest BCUT2D eigenvalue weighted by Gasteiger charge is 2.11. The van der Waals surface area contributed by atoms with E-state index in [1.54, 1.807) is 49.6 Å². The van der Waals surface area contributed by atoms with E-state index < -0.39 is 0 Å². The Hall–Kier alpha value is -3.76. The molecule has 0 unspecified atom stereocenters. The van der Waals surface area contributed by atoms with E-state index >= 15 is 0 Å². The number of nitrogens with one attached hydrogen (secondary N) is 1. The summed E-state index contributed by atoms with van der Waals surface area (Å²) in [7, 11) is 3.09. The molecule has 0 aliphatic carbocycles. The lowest BCUT2D eigenvalue weighted by molar-refractivity contribution is -0.118. The fourth-order valence-electron chi connectivity index (χ4n) is 2.96. The first kappa shape index (κ1) is 22.9. The Balaban J connectivity index is 1.84. The number of amides is 1. The Morgan fingerprint density at radius 3 is 2.41 bits per heavy atom. The molecule has 1 amide bonds. The lowest BCUT2D eigenvalue weighted by Crippen LogP contribution is -2.20. The molecule has 0 bridgehead atoms. The smallest absolute Gasteiger partial charge is 0.262 e. The van der Waals surface area contributed by atoms with Crippen LogP contribution in [0.4, 0.5) is 5.69 Å². The molecule has 32 heavy (non-hydrogen) atoms. The topological polar surface area (TPSA) is 80.6 Å². The molecule has 1 N–H and O–H groups in total. The monoisotopic (exact) mass is 492 g/mol. The van der Waals surface area contributed by atoms with E-state index in [2.05, 4.69) is 27.3 Å². The maximum Gasteiger partial charge on any atom is 0.262 e. The Labute approximate surface area is 195 Å². The van der Waals surface area contributed by atoms with Crippen LogP contribution in [0.25, 0.3) is 11.6 Å². The number of hydrogen-bond donors (Lipinski definition) is 1. The highest BCUT2D eigenvalue weighted by molar-refractivity contribution is 9.10. The second kappa shape index (κ2) is 11.0. The molecule has 0 atom stereocenters. The third kappa shape index (κ3) is 5.90. The number of halogens is 1. The van der Waals surface area contributed by atoms with Crippen LogP contribution >= 0.6 is 15.9 Å². The quantitative estimate of drug-likeness (QED) is 0.329. The summed E-state index contributed by atoms with van der Waals surface area (Å²) in [5, 5.41) is 12.5. The van der Waals surface area contributed by atoms with Gasteiger partial charge in [-0.05, 0) is 60.2 Å². The third-order valence-corrected chi connectivity index (χ3v) is 5.00. The number of rotatable bonds is 8. The number of anilines is 1. The van der Waals surface area contributed by atoms with E-state index in [4.69, 9.17) is 14.2 Å². The molecule has 162 valence electrons. The van der Waals surface area contributed by atoms with Crippen molar-refractivity contribution in [3.8, 4) is 23.3 Å². The van der Waals surface area contributed by atoms with E-state index in [9.17, 15) is 10.1 Å². The van der Waals surface area contributed by atoms with Crippen LogP contribution < -0.4 is 19.5 Å². The molecule has 0 aromatic heterocycles. The van der Waals surface area contributed by atoms with Gasteiger partial charge in [0.05, 0.1) is 25.9 Å². The first-order valence-corrected chi connectivity index (χ1v) is 10.4. The second-order valence-electron chi connectivity index (χ2n) is 6.62. The molecule has 0 aliphatic rings. The number of para-hydroxylation sites is 1. The molecule has 7 heteroatoms. The third-order valence-electron chi connectivity index (χ3n) is 4.50. The van der Waals surface area contributed by atoms with Gasteiger partial charge in [-0.1, -0.05) is 34.1 Å². The summed E-state index contributed by atoms with van der Waals surface area (Å²) < 4.78 is 17.2. The summed E-state index contributed by atoms with van der Waals surface area (Å²) in [4.78, 5) is 12.3. The van der Waals surface area contributed by atoms with Crippen molar-refractivity contribution in [1.82, 2.24) is 0 Å². The van der Waals surface area contributed by atoms with Gasteiger partial charge >= 0.3 is 0 Å². The number of carbonyl (C=O) groups excluding carboxylic acids is 1. The van der Waals surface area contributed by atoms with Crippen molar-refractivity contribution >= 4 is 39.2 Å². The van der Waals surface area contributed by atoms with Crippen LogP contribution in [0.3, 0.4) is 0 Å². The molecule has 0 aliphatic heterocycles. The summed E-state index contributed by atoms with van der Waals surface area (Å²) >= 11 is 3.45. The molecule has 3 aromatic rings. The molecule has 0 saturated carbocycles. The van der Waals surface area contributed by atoms with Crippen molar-refractivity contribution in [2.24, 2.45) is 0 Å². The van der Waals surface area contributed by atoms with Gasteiger partial charge in [-0.15, -0.1) is 0 Å². The van der Waals surface area contributed by atoms with Gasteiger partial charge in [0, 0.05) is 15.7 Å². The second-order valence-corrected chi connectivity index (χ2v) is 7.54. The van der Waals surface area contributed by atoms with Crippen LogP contribution in [0.15, 0.2) is 71.2 Å². The number of hydrogen-bond acceptors (Lipinski definition) is 5. The first-order valence-electron chi connectivity index (χ1n) is 9.65. The average Bonchev–Trinajstić information content (AvgIpc) is 2.82. The standard InChI is InChI=1S/C25H21BrN2O4/c1-30-23-10-8-17(14-24(23)31-2)19(15-27)12-18-13-20(26)9-11-22(18)32-16-25(29)28-21-6-4-3-5-7-21/h3-14H,16H2,1-2H3,(H,28,29)/b19-12+. The van der Waals surface area contributed by atoms with Crippen LogP contribution in [-0.4, -0.2) is 26.7 Å². The number of nitrogens with zero attached hydrogens (tertiary/aromatic N) is 1. The fraction of sp³-hybridized carbons (Fsp3) is 0.120. The molecular formula is C25H21BrN2O4. The highest BCUT2D eigenvalue weighted by Crippen LogP contribution is 2.32. The molecule has 3 rings (SSSR count). The predicted molar refractivity (Wildman–Crippen MR) is 128 cm³/mol. The minimum absolute atomic E-state index is 0.171. The number of benzene rings is 3. The first-order chi connectivity index (χ1) is 15.5. The van der Waals surface area contributed by atoms with Crippen molar-refractivity contribution in [2.75, 3.05) is 26.1 Å². The zero-order valence-electron chi connectivity index (χ0n) is 17.6.